The number of carbonyl (C=O) groups excluding carboxylic acids is 1. The lowest BCUT2D eigenvalue weighted by atomic mass is 10.1. The van der Waals surface area contributed by atoms with Gasteiger partial charge < -0.3 is 0 Å². The van der Waals surface area contributed by atoms with E-state index in [0.29, 0.717) is 27.3 Å². The third kappa shape index (κ3) is 3.71. The van der Waals surface area contributed by atoms with E-state index in [9.17, 15) is 9.18 Å². The normalized spacial score (nSPS) is 17.7. The number of nitrogens with zero attached hydrogens (tertiary/aromatic N) is 3. The molecule has 0 aliphatic carbocycles. The third-order valence-electron chi connectivity index (χ3n) is 3.76. The molecule has 1 aromatic heterocycles. The van der Waals surface area contributed by atoms with Crippen molar-refractivity contribution in [2.24, 2.45) is 4.99 Å². The van der Waals surface area contributed by atoms with Crippen LogP contribution in [0.1, 0.15) is 12.5 Å². The van der Waals surface area contributed by atoms with Crippen LogP contribution in [0.5, 0.6) is 0 Å². The van der Waals surface area contributed by atoms with Crippen LogP contribution in [0.2, 0.25) is 5.02 Å². The average molecular weight is 388 g/mol. The summed E-state index contributed by atoms with van der Waals surface area (Å²) in [5, 5.41) is 0.916. The summed E-state index contributed by atoms with van der Waals surface area (Å²) in [6.45, 7) is 5.87. The molecule has 132 valence electrons. The van der Waals surface area contributed by atoms with Gasteiger partial charge in [0.05, 0.1) is 15.6 Å². The van der Waals surface area contributed by atoms with Gasteiger partial charge in [0.25, 0.3) is 5.91 Å². The average Bonchev–Trinajstić information content (AvgIpc) is 2.94. The monoisotopic (exact) mass is 387 g/mol. The molecule has 0 spiro atoms. The summed E-state index contributed by atoms with van der Waals surface area (Å²) in [6, 6.07) is 7.73. The van der Waals surface area contributed by atoms with Crippen molar-refractivity contribution in [1.29, 1.82) is 0 Å². The molecular formula is C19H15ClFN3OS. The number of allylic oxidation sites excluding steroid dienone is 1. The van der Waals surface area contributed by atoms with Gasteiger partial charge in [-0.05, 0) is 48.0 Å². The fourth-order valence-corrected chi connectivity index (χ4v) is 3.63. The second-order valence-electron chi connectivity index (χ2n) is 5.49. The quantitative estimate of drug-likeness (QED) is 0.544. The molecule has 26 heavy (non-hydrogen) atoms. The molecular weight excluding hydrogens is 373 g/mol. The van der Waals surface area contributed by atoms with E-state index in [0.717, 1.165) is 11.1 Å². The van der Waals surface area contributed by atoms with Crippen molar-refractivity contribution in [3.8, 4) is 0 Å². The van der Waals surface area contributed by atoms with Crippen molar-refractivity contribution in [3.05, 3.63) is 76.7 Å². The highest BCUT2D eigenvalue weighted by atomic mass is 35.5. The Bertz CT molecular complexity index is 925. The maximum Gasteiger partial charge on any atom is 0.267 e. The lowest BCUT2D eigenvalue weighted by Crippen LogP contribution is -2.29. The number of pyridine rings is 1. The molecule has 1 amide bonds. The zero-order chi connectivity index (χ0) is 18.7. The van der Waals surface area contributed by atoms with Gasteiger partial charge in [0.1, 0.15) is 5.82 Å². The predicted octanol–water partition coefficient (Wildman–Crippen LogP) is 5.05. The maximum absolute atomic E-state index is 13.2. The zero-order valence-corrected chi connectivity index (χ0v) is 15.5. The Hall–Kier alpha value is -2.44. The number of rotatable bonds is 4. The Morgan fingerprint density at radius 3 is 2.77 bits per heavy atom. The van der Waals surface area contributed by atoms with Crippen LogP contribution in [-0.4, -0.2) is 27.5 Å². The molecule has 1 aromatic carbocycles. The molecule has 2 heterocycles. The van der Waals surface area contributed by atoms with Crippen molar-refractivity contribution in [2.45, 2.75) is 6.92 Å². The number of amides is 1. The number of halogens is 2. The van der Waals surface area contributed by atoms with E-state index in [1.54, 1.807) is 30.5 Å². The smallest absolute Gasteiger partial charge is 0.267 e. The van der Waals surface area contributed by atoms with Crippen LogP contribution >= 0.6 is 23.4 Å². The molecule has 0 atom stereocenters. The third-order valence-corrected chi connectivity index (χ3v) is 5.23. The van der Waals surface area contributed by atoms with Gasteiger partial charge >= 0.3 is 0 Å². The molecule has 1 fully saturated rings. The second kappa shape index (κ2) is 7.85. The second-order valence-corrected chi connectivity index (χ2v) is 6.87. The number of carbonyl (C=O) groups is 1. The number of hydrogen-bond donors (Lipinski definition) is 0. The highest BCUT2D eigenvalue weighted by molar-refractivity contribution is 8.18. The highest BCUT2D eigenvalue weighted by Crippen LogP contribution is 2.38. The fraction of sp³-hybridized carbons (Fsp3) is 0.105. The Morgan fingerprint density at radius 2 is 2.12 bits per heavy atom. The summed E-state index contributed by atoms with van der Waals surface area (Å²) in [6.07, 6.45) is 4.73. The van der Waals surface area contributed by atoms with Crippen LogP contribution in [0.25, 0.3) is 5.57 Å². The van der Waals surface area contributed by atoms with Gasteiger partial charge in [0, 0.05) is 18.9 Å². The highest BCUT2D eigenvalue weighted by Gasteiger charge is 2.34. The van der Waals surface area contributed by atoms with Crippen molar-refractivity contribution in [1.82, 2.24) is 9.88 Å². The molecule has 0 saturated carbocycles. The first kappa shape index (κ1) is 18.4. The van der Waals surface area contributed by atoms with Gasteiger partial charge in [-0.1, -0.05) is 29.8 Å². The Labute approximate surface area is 160 Å². The van der Waals surface area contributed by atoms with E-state index in [1.807, 2.05) is 6.92 Å². The largest absolute Gasteiger partial charge is 0.283 e. The molecule has 3 rings (SSSR count). The van der Waals surface area contributed by atoms with Crippen LogP contribution in [0.15, 0.2) is 65.3 Å². The zero-order valence-electron chi connectivity index (χ0n) is 13.9. The van der Waals surface area contributed by atoms with Crippen LogP contribution in [0.4, 0.5) is 10.1 Å². The molecule has 1 aliphatic heterocycles. The van der Waals surface area contributed by atoms with Crippen LogP contribution in [-0.2, 0) is 4.79 Å². The van der Waals surface area contributed by atoms with Gasteiger partial charge in [0.2, 0.25) is 0 Å². The molecule has 1 saturated heterocycles. The van der Waals surface area contributed by atoms with Gasteiger partial charge in [-0.25, -0.2) is 9.38 Å². The molecule has 0 bridgehead atoms. The van der Waals surface area contributed by atoms with Gasteiger partial charge in [0.15, 0.2) is 5.17 Å². The van der Waals surface area contributed by atoms with E-state index in [-0.39, 0.29) is 11.7 Å². The standard InChI is InChI=1S/C19H15ClFN3OS/c1-3-10-24-18(25)17(12(2)13-4-6-14(21)7-5-13)26-19(24)23-16-8-9-22-11-15(16)20/h3-9,11H,1,10H2,2H3/b17-12-,23-19?. The van der Waals surface area contributed by atoms with Crippen molar-refractivity contribution < 1.29 is 9.18 Å². The lowest BCUT2D eigenvalue weighted by Gasteiger charge is -2.13. The van der Waals surface area contributed by atoms with E-state index in [2.05, 4.69) is 16.6 Å². The van der Waals surface area contributed by atoms with Crippen molar-refractivity contribution in [2.75, 3.05) is 6.54 Å². The van der Waals surface area contributed by atoms with Crippen molar-refractivity contribution >= 4 is 45.7 Å². The number of hydrogen-bond acceptors (Lipinski definition) is 4. The van der Waals surface area contributed by atoms with E-state index < -0.39 is 0 Å². The fourth-order valence-electron chi connectivity index (χ4n) is 2.40. The number of aromatic nitrogens is 1. The van der Waals surface area contributed by atoms with Crippen LogP contribution in [0, 0.1) is 5.82 Å². The van der Waals surface area contributed by atoms with Gasteiger partial charge in [-0.15, -0.1) is 6.58 Å². The first-order valence-corrected chi connectivity index (χ1v) is 8.96. The first-order valence-electron chi connectivity index (χ1n) is 7.77. The van der Waals surface area contributed by atoms with E-state index >= 15 is 0 Å². The van der Waals surface area contributed by atoms with E-state index in [1.165, 1.54) is 35.0 Å². The van der Waals surface area contributed by atoms with Crippen LogP contribution < -0.4 is 0 Å². The SMILES string of the molecule is C=CCN1C(=O)/C(=C(\C)c2ccc(F)cc2)SC1=Nc1ccncc1Cl. The maximum atomic E-state index is 13.2. The minimum absolute atomic E-state index is 0.166. The topological polar surface area (TPSA) is 45.6 Å². The molecule has 0 unspecified atom stereocenters. The number of amidine groups is 1. The summed E-state index contributed by atoms with van der Waals surface area (Å²) in [4.78, 5) is 23.4. The van der Waals surface area contributed by atoms with Gasteiger partial charge in [-0.2, -0.15) is 0 Å². The minimum atomic E-state index is -0.320. The molecule has 1 aliphatic rings. The molecule has 7 heteroatoms. The summed E-state index contributed by atoms with van der Waals surface area (Å²) in [7, 11) is 0. The summed E-state index contributed by atoms with van der Waals surface area (Å²) in [5.41, 5.74) is 2.08. The minimum Gasteiger partial charge on any atom is -0.283 e. The Balaban J connectivity index is 2.03. The van der Waals surface area contributed by atoms with Crippen LogP contribution in [0.3, 0.4) is 0 Å². The van der Waals surface area contributed by atoms with Crippen molar-refractivity contribution in [3.63, 3.8) is 0 Å². The summed E-state index contributed by atoms with van der Waals surface area (Å²) < 4.78 is 13.2. The number of aliphatic imine (C=N–C) groups is 1. The van der Waals surface area contributed by atoms with E-state index in [4.69, 9.17) is 11.6 Å². The van der Waals surface area contributed by atoms with Gasteiger partial charge in [-0.3, -0.25) is 14.7 Å². The number of benzene rings is 1. The Kier molecular flexibility index (Phi) is 5.54. The molecule has 2 aromatic rings. The predicted molar refractivity (Wildman–Crippen MR) is 105 cm³/mol. The molecule has 0 N–H and O–H groups in total. The first-order chi connectivity index (χ1) is 12.5. The molecule has 4 nitrogen and oxygen atoms in total. The summed E-state index contributed by atoms with van der Waals surface area (Å²) in [5.74, 6) is -0.486. The Morgan fingerprint density at radius 1 is 1.38 bits per heavy atom. The number of thioether (sulfide) groups is 1. The molecule has 0 radical (unpaired) electrons. The summed E-state index contributed by atoms with van der Waals surface area (Å²) >= 11 is 7.39. The lowest BCUT2D eigenvalue weighted by molar-refractivity contribution is -0.121.